The Hall–Kier alpha value is -2.88. The van der Waals surface area contributed by atoms with Gasteiger partial charge in [-0.3, -0.25) is 18.7 Å². The number of nitrogens with zero attached hydrogens (tertiary/aromatic N) is 3. The second-order valence-corrected chi connectivity index (χ2v) is 6.26. The van der Waals surface area contributed by atoms with Gasteiger partial charge in [0.1, 0.15) is 5.82 Å². The van der Waals surface area contributed by atoms with Crippen LogP contribution in [0.3, 0.4) is 0 Å². The molecule has 1 aromatic carbocycles. The Morgan fingerprint density at radius 2 is 2.08 bits per heavy atom. The van der Waals surface area contributed by atoms with Crippen molar-refractivity contribution >= 4 is 34.5 Å². The van der Waals surface area contributed by atoms with Crippen molar-refractivity contribution in [2.45, 2.75) is 5.16 Å². The minimum Gasteiger partial charge on any atom is -0.327 e. The van der Waals surface area contributed by atoms with Crippen LogP contribution in [0.1, 0.15) is 0 Å². The van der Waals surface area contributed by atoms with Crippen molar-refractivity contribution in [2.24, 2.45) is 14.1 Å². The fourth-order valence-corrected chi connectivity index (χ4v) is 2.94. The number of aryl methyl sites for hydroxylation is 1. The number of hydrogen-bond donors (Lipinski definition) is 2. The number of aromatic amines is 1. The van der Waals surface area contributed by atoms with Crippen molar-refractivity contribution in [1.82, 2.24) is 19.1 Å². The minimum atomic E-state index is -0.485. The van der Waals surface area contributed by atoms with Crippen LogP contribution in [0.25, 0.3) is 11.2 Å². The van der Waals surface area contributed by atoms with Gasteiger partial charge in [0.2, 0.25) is 5.91 Å². The van der Waals surface area contributed by atoms with Crippen molar-refractivity contribution < 1.29 is 9.18 Å². The zero-order valence-corrected chi connectivity index (χ0v) is 14.2. The van der Waals surface area contributed by atoms with Crippen molar-refractivity contribution in [3.63, 3.8) is 0 Å². The average Bonchev–Trinajstić information content (AvgIpc) is 3.01. The molecule has 0 aliphatic carbocycles. The molecule has 3 aromatic rings. The number of fused-ring (bicyclic) bond motifs is 1. The van der Waals surface area contributed by atoms with Gasteiger partial charge in [0.05, 0.1) is 5.75 Å². The number of aromatic nitrogens is 4. The van der Waals surface area contributed by atoms with Crippen LogP contribution in [0.2, 0.25) is 0 Å². The summed E-state index contributed by atoms with van der Waals surface area (Å²) in [4.78, 5) is 42.9. The molecule has 0 radical (unpaired) electrons. The van der Waals surface area contributed by atoms with Gasteiger partial charge in [-0.15, -0.1) is 0 Å². The standard InChI is InChI=1S/C15H14FN5O3S/c1-20-12-11(13(23)21(2)15(20)24)18-14(19-12)25-7-10(22)17-9-5-3-4-8(16)6-9/h3-6H,7H2,1-2H3,(H,17,22)(H,18,19). The van der Waals surface area contributed by atoms with Crippen LogP contribution in [-0.2, 0) is 18.9 Å². The van der Waals surface area contributed by atoms with Crippen LogP contribution < -0.4 is 16.6 Å². The molecule has 130 valence electrons. The highest BCUT2D eigenvalue weighted by atomic mass is 32.2. The zero-order valence-electron chi connectivity index (χ0n) is 13.4. The predicted molar refractivity (Wildman–Crippen MR) is 92.3 cm³/mol. The van der Waals surface area contributed by atoms with Crippen molar-refractivity contribution in [3.05, 3.63) is 50.9 Å². The summed E-state index contributed by atoms with van der Waals surface area (Å²) in [5.41, 5.74) is -0.198. The maximum Gasteiger partial charge on any atom is 0.332 e. The van der Waals surface area contributed by atoms with E-state index in [1.165, 1.54) is 36.9 Å². The third kappa shape index (κ3) is 3.33. The Labute approximate surface area is 144 Å². The molecule has 2 heterocycles. The number of H-pyrrole nitrogens is 1. The molecule has 0 saturated carbocycles. The number of carbonyl (C=O) groups excluding carboxylic acids is 1. The molecule has 3 rings (SSSR count). The first-order valence-electron chi connectivity index (χ1n) is 7.21. The van der Waals surface area contributed by atoms with E-state index in [0.29, 0.717) is 10.8 Å². The molecule has 8 nitrogen and oxygen atoms in total. The molecule has 2 aromatic heterocycles. The van der Waals surface area contributed by atoms with Crippen LogP contribution in [0.15, 0.2) is 39.0 Å². The highest BCUT2D eigenvalue weighted by Gasteiger charge is 2.14. The molecule has 0 bridgehead atoms. The Morgan fingerprint density at radius 3 is 2.80 bits per heavy atom. The van der Waals surface area contributed by atoms with Crippen molar-refractivity contribution in [3.8, 4) is 0 Å². The number of hydrogen-bond acceptors (Lipinski definition) is 5. The second-order valence-electron chi connectivity index (χ2n) is 5.29. The Balaban J connectivity index is 1.76. The molecule has 0 aliphatic rings. The molecule has 0 atom stereocenters. The SMILES string of the molecule is Cn1c(=O)c2[nH]c(SCC(=O)Nc3cccc(F)c3)nc2n(C)c1=O. The van der Waals surface area contributed by atoms with E-state index in [1.54, 1.807) is 6.07 Å². The average molecular weight is 363 g/mol. The third-order valence-electron chi connectivity index (χ3n) is 3.52. The number of nitrogens with one attached hydrogen (secondary N) is 2. The number of thioether (sulfide) groups is 1. The summed E-state index contributed by atoms with van der Waals surface area (Å²) < 4.78 is 15.3. The number of amides is 1. The molecule has 1 amide bonds. The largest absolute Gasteiger partial charge is 0.332 e. The molecular weight excluding hydrogens is 349 g/mol. The number of anilines is 1. The molecule has 0 unspecified atom stereocenters. The summed E-state index contributed by atoms with van der Waals surface area (Å²) in [7, 11) is 2.89. The summed E-state index contributed by atoms with van der Waals surface area (Å²) >= 11 is 1.07. The first kappa shape index (κ1) is 17.0. The quantitative estimate of drug-likeness (QED) is 0.669. The van der Waals surface area contributed by atoms with Gasteiger partial charge in [-0.25, -0.2) is 14.2 Å². The van der Waals surface area contributed by atoms with Gasteiger partial charge in [-0.05, 0) is 18.2 Å². The summed E-state index contributed by atoms with van der Waals surface area (Å²) in [5.74, 6) is -0.790. The second kappa shape index (κ2) is 6.55. The van der Waals surface area contributed by atoms with E-state index >= 15 is 0 Å². The van der Waals surface area contributed by atoms with Crippen LogP contribution >= 0.6 is 11.8 Å². The Morgan fingerprint density at radius 1 is 1.32 bits per heavy atom. The lowest BCUT2D eigenvalue weighted by atomic mass is 10.3. The van der Waals surface area contributed by atoms with Crippen LogP contribution in [0, 0.1) is 5.82 Å². The Kier molecular flexibility index (Phi) is 4.45. The van der Waals surface area contributed by atoms with E-state index in [2.05, 4.69) is 15.3 Å². The molecule has 0 spiro atoms. The topological polar surface area (TPSA) is 102 Å². The lowest BCUT2D eigenvalue weighted by molar-refractivity contribution is -0.113. The van der Waals surface area contributed by atoms with Gasteiger partial charge in [-0.1, -0.05) is 17.8 Å². The summed E-state index contributed by atoms with van der Waals surface area (Å²) in [5, 5.41) is 2.90. The maximum atomic E-state index is 13.1. The van der Waals surface area contributed by atoms with Gasteiger partial charge < -0.3 is 10.3 Å². The first-order chi connectivity index (χ1) is 11.9. The van der Waals surface area contributed by atoms with E-state index in [4.69, 9.17) is 0 Å². The smallest absolute Gasteiger partial charge is 0.327 e. The van der Waals surface area contributed by atoms with Crippen LogP contribution in [-0.4, -0.2) is 30.8 Å². The van der Waals surface area contributed by atoms with Gasteiger partial charge in [0.15, 0.2) is 16.3 Å². The summed E-state index contributed by atoms with van der Waals surface area (Å²) in [6, 6.07) is 5.56. The van der Waals surface area contributed by atoms with Crippen LogP contribution in [0.4, 0.5) is 10.1 Å². The molecule has 0 fully saturated rings. The normalized spacial score (nSPS) is 11.0. The zero-order chi connectivity index (χ0) is 18.1. The summed E-state index contributed by atoms with van der Waals surface area (Å²) in [6.45, 7) is 0. The molecule has 10 heteroatoms. The fraction of sp³-hybridized carbons (Fsp3) is 0.200. The highest BCUT2D eigenvalue weighted by Crippen LogP contribution is 2.17. The molecule has 2 N–H and O–H groups in total. The predicted octanol–water partition coefficient (Wildman–Crippen LogP) is 0.830. The van der Waals surface area contributed by atoms with Crippen LogP contribution in [0.5, 0.6) is 0 Å². The van der Waals surface area contributed by atoms with E-state index in [9.17, 15) is 18.8 Å². The molecular formula is C15H14FN5O3S. The minimum absolute atomic E-state index is 0.00456. The summed E-state index contributed by atoms with van der Waals surface area (Å²) in [6.07, 6.45) is 0. The lowest BCUT2D eigenvalue weighted by Crippen LogP contribution is -2.36. The fourth-order valence-electron chi connectivity index (χ4n) is 2.27. The highest BCUT2D eigenvalue weighted by molar-refractivity contribution is 7.99. The van der Waals surface area contributed by atoms with E-state index < -0.39 is 17.1 Å². The molecule has 0 saturated heterocycles. The third-order valence-corrected chi connectivity index (χ3v) is 4.39. The number of carbonyl (C=O) groups is 1. The van der Waals surface area contributed by atoms with Crippen molar-refractivity contribution in [2.75, 3.05) is 11.1 Å². The van der Waals surface area contributed by atoms with E-state index in [0.717, 1.165) is 16.3 Å². The number of benzene rings is 1. The monoisotopic (exact) mass is 363 g/mol. The number of rotatable bonds is 4. The number of imidazole rings is 1. The van der Waals surface area contributed by atoms with Gasteiger partial charge >= 0.3 is 5.69 Å². The molecule has 25 heavy (non-hydrogen) atoms. The maximum absolute atomic E-state index is 13.1. The van der Waals surface area contributed by atoms with Gasteiger partial charge in [0, 0.05) is 19.8 Å². The Bertz CT molecular complexity index is 1080. The first-order valence-corrected chi connectivity index (χ1v) is 8.19. The van der Waals surface area contributed by atoms with E-state index in [-0.39, 0.29) is 22.8 Å². The van der Waals surface area contributed by atoms with Gasteiger partial charge in [-0.2, -0.15) is 0 Å². The van der Waals surface area contributed by atoms with E-state index in [1.807, 2.05) is 0 Å². The molecule has 0 aliphatic heterocycles. The van der Waals surface area contributed by atoms with Gasteiger partial charge in [0.25, 0.3) is 5.56 Å². The van der Waals surface area contributed by atoms with Crippen molar-refractivity contribution in [1.29, 1.82) is 0 Å². The number of halogens is 1. The lowest BCUT2D eigenvalue weighted by Gasteiger charge is -2.03.